The molecule has 3 heterocycles. The van der Waals surface area contributed by atoms with Gasteiger partial charge >= 0.3 is 0 Å². The zero-order valence-electron chi connectivity index (χ0n) is 16.8. The molecule has 31 heavy (non-hydrogen) atoms. The van der Waals surface area contributed by atoms with Gasteiger partial charge in [-0.05, 0) is 30.3 Å². The average molecular weight is 420 g/mol. The Morgan fingerprint density at radius 3 is 2.81 bits per heavy atom. The molecule has 0 saturated carbocycles. The van der Waals surface area contributed by atoms with Crippen LogP contribution in [-0.4, -0.2) is 53.5 Å². The monoisotopic (exact) mass is 420 g/mol. The molecule has 2 aromatic heterocycles. The van der Waals surface area contributed by atoms with E-state index in [4.69, 9.17) is 9.47 Å². The van der Waals surface area contributed by atoms with Crippen molar-refractivity contribution < 1.29 is 14.4 Å². The maximum atomic E-state index is 11.8. The van der Waals surface area contributed by atoms with Crippen molar-refractivity contribution in [3.63, 3.8) is 0 Å². The van der Waals surface area contributed by atoms with Crippen LogP contribution in [0.25, 0.3) is 21.8 Å². The lowest BCUT2D eigenvalue weighted by molar-refractivity contribution is -0.384. The minimum absolute atomic E-state index is 0.0377. The molecule has 1 aliphatic heterocycles. The number of fused-ring (bicyclic) bond motifs is 3. The Bertz CT molecular complexity index is 1280. The van der Waals surface area contributed by atoms with Gasteiger partial charge in [0.25, 0.3) is 5.69 Å². The van der Waals surface area contributed by atoms with E-state index in [2.05, 4.69) is 20.5 Å². The number of nitrogens with one attached hydrogen (secondary N) is 2. The molecule has 0 spiro atoms. The van der Waals surface area contributed by atoms with Crippen LogP contribution in [0.2, 0.25) is 0 Å². The molecule has 1 fully saturated rings. The molecule has 2 aromatic carbocycles. The number of rotatable bonds is 5. The number of H-pyrrole nitrogens is 1. The van der Waals surface area contributed by atoms with E-state index in [1.807, 2.05) is 29.2 Å². The number of nitro groups is 1. The Hall–Kier alpha value is -3.92. The first-order chi connectivity index (χ1) is 15.1. The molecule has 0 radical (unpaired) electrons. The second-order valence-electron chi connectivity index (χ2n) is 7.18. The van der Waals surface area contributed by atoms with Gasteiger partial charge in [-0.25, -0.2) is 4.98 Å². The van der Waals surface area contributed by atoms with Gasteiger partial charge in [-0.2, -0.15) is 5.10 Å². The van der Waals surface area contributed by atoms with Gasteiger partial charge in [0.05, 0.1) is 30.8 Å². The largest absolute Gasteiger partial charge is 0.497 e. The molecule has 1 aliphatic rings. The minimum atomic E-state index is -0.361. The molecule has 1 saturated heterocycles. The summed E-state index contributed by atoms with van der Waals surface area (Å²) in [5, 5.41) is 23.9. The zero-order valence-corrected chi connectivity index (χ0v) is 16.8. The van der Waals surface area contributed by atoms with Crippen molar-refractivity contribution in [3.8, 4) is 5.75 Å². The highest BCUT2D eigenvalue weighted by Gasteiger charge is 2.22. The highest BCUT2D eigenvalue weighted by Crippen LogP contribution is 2.35. The van der Waals surface area contributed by atoms with E-state index in [9.17, 15) is 10.1 Å². The van der Waals surface area contributed by atoms with Crippen LogP contribution in [0.3, 0.4) is 0 Å². The number of hydrogen-bond acceptors (Lipinski definition) is 8. The number of aromatic nitrogens is 3. The summed E-state index contributed by atoms with van der Waals surface area (Å²) in [4.78, 5) is 18.0. The van der Waals surface area contributed by atoms with Crippen molar-refractivity contribution in [1.29, 1.82) is 0 Å². The van der Waals surface area contributed by atoms with Gasteiger partial charge in [0.2, 0.25) is 0 Å². The van der Waals surface area contributed by atoms with E-state index in [-0.39, 0.29) is 10.6 Å². The van der Waals surface area contributed by atoms with Crippen molar-refractivity contribution in [1.82, 2.24) is 15.2 Å². The lowest BCUT2D eigenvalue weighted by Crippen LogP contribution is -2.36. The van der Waals surface area contributed by atoms with Crippen LogP contribution in [0.5, 0.6) is 5.75 Å². The fourth-order valence-corrected chi connectivity index (χ4v) is 3.85. The molecule has 0 bridgehead atoms. The van der Waals surface area contributed by atoms with Gasteiger partial charge in [-0.15, -0.1) is 0 Å². The maximum absolute atomic E-state index is 11.8. The van der Waals surface area contributed by atoms with Crippen molar-refractivity contribution in [2.75, 3.05) is 43.6 Å². The number of methoxy groups -OCH3 is 1. The third-order valence-corrected chi connectivity index (χ3v) is 5.38. The number of pyridine rings is 1. The van der Waals surface area contributed by atoms with Crippen molar-refractivity contribution in [3.05, 3.63) is 52.7 Å². The van der Waals surface area contributed by atoms with Crippen molar-refractivity contribution >= 4 is 44.7 Å². The SMILES string of the molecule is COc1ccc2nc(Nc3ccc(N4CCOCC4)c([N+](=O)[O-])c3)c3n[nH]cc3c2c1. The Morgan fingerprint density at radius 2 is 2.03 bits per heavy atom. The number of benzene rings is 2. The molecule has 10 nitrogen and oxygen atoms in total. The summed E-state index contributed by atoms with van der Waals surface area (Å²) in [5.74, 6) is 1.24. The van der Waals surface area contributed by atoms with Crippen LogP contribution < -0.4 is 15.0 Å². The van der Waals surface area contributed by atoms with Crippen molar-refractivity contribution in [2.45, 2.75) is 0 Å². The number of nitro benzene ring substituents is 1. The Labute approximate surface area is 176 Å². The molecule has 158 valence electrons. The summed E-state index contributed by atoms with van der Waals surface area (Å²) < 4.78 is 10.7. The van der Waals surface area contributed by atoms with Gasteiger partial charge in [-0.1, -0.05) is 0 Å². The first kappa shape index (κ1) is 19.1. The van der Waals surface area contributed by atoms with Crippen LogP contribution in [0.4, 0.5) is 22.9 Å². The van der Waals surface area contributed by atoms with Crippen LogP contribution >= 0.6 is 0 Å². The molecule has 4 aromatic rings. The number of ether oxygens (including phenoxy) is 2. The van der Waals surface area contributed by atoms with E-state index in [0.717, 1.165) is 22.0 Å². The predicted octanol–water partition coefficient (Wildman–Crippen LogP) is 3.61. The van der Waals surface area contributed by atoms with Crippen LogP contribution in [0.15, 0.2) is 42.6 Å². The first-order valence-corrected chi connectivity index (χ1v) is 9.83. The van der Waals surface area contributed by atoms with Gasteiger partial charge in [0.15, 0.2) is 5.82 Å². The summed E-state index contributed by atoms with van der Waals surface area (Å²) in [7, 11) is 1.62. The standard InChI is InChI=1S/C21H20N6O4/c1-30-14-3-4-17-15(11-14)16-12-22-25-20(16)21(24-17)23-13-2-5-18(19(10-13)27(28)29)26-6-8-31-9-7-26/h2-5,10-12H,6-9H2,1H3,(H,22,25)(H,23,24). The Kier molecular flexibility index (Phi) is 4.75. The molecule has 2 N–H and O–H groups in total. The summed E-state index contributed by atoms with van der Waals surface area (Å²) in [6.07, 6.45) is 1.80. The van der Waals surface area contributed by atoms with Gasteiger partial charge in [-0.3, -0.25) is 15.2 Å². The van der Waals surface area contributed by atoms with E-state index in [1.165, 1.54) is 6.07 Å². The number of hydrogen-bond donors (Lipinski definition) is 2. The first-order valence-electron chi connectivity index (χ1n) is 9.83. The predicted molar refractivity (Wildman–Crippen MR) is 117 cm³/mol. The van der Waals surface area contributed by atoms with Crippen LogP contribution in [-0.2, 0) is 4.74 Å². The van der Waals surface area contributed by atoms with Gasteiger partial charge in [0.1, 0.15) is 17.0 Å². The third kappa shape index (κ3) is 3.46. The van der Waals surface area contributed by atoms with E-state index in [1.54, 1.807) is 19.4 Å². The molecular weight excluding hydrogens is 400 g/mol. The Balaban J connectivity index is 1.55. The smallest absolute Gasteiger partial charge is 0.294 e. The minimum Gasteiger partial charge on any atom is -0.497 e. The van der Waals surface area contributed by atoms with Crippen LogP contribution in [0.1, 0.15) is 0 Å². The highest BCUT2D eigenvalue weighted by atomic mass is 16.6. The highest BCUT2D eigenvalue weighted by molar-refractivity contribution is 6.09. The number of nitrogens with zero attached hydrogens (tertiary/aromatic N) is 4. The molecule has 5 rings (SSSR count). The number of anilines is 3. The average Bonchev–Trinajstić information content (AvgIpc) is 3.30. The number of aromatic amines is 1. The van der Waals surface area contributed by atoms with Gasteiger partial charge in [0, 0.05) is 41.8 Å². The zero-order chi connectivity index (χ0) is 21.4. The fourth-order valence-electron chi connectivity index (χ4n) is 3.85. The van der Waals surface area contributed by atoms with E-state index in [0.29, 0.717) is 49.0 Å². The molecule has 0 aliphatic carbocycles. The maximum Gasteiger partial charge on any atom is 0.294 e. The van der Waals surface area contributed by atoms with E-state index < -0.39 is 0 Å². The van der Waals surface area contributed by atoms with Crippen LogP contribution in [0, 0.1) is 10.1 Å². The summed E-state index contributed by atoms with van der Waals surface area (Å²) >= 11 is 0. The molecular formula is C21H20N6O4. The van der Waals surface area contributed by atoms with Gasteiger partial charge < -0.3 is 19.7 Å². The molecule has 0 atom stereocenters. The second kappa shape index (κ2) is 7.73. The second-order valence-corrected chi connectivity index (χ2v) is 7.18. The molecule has 0 unspecified atom stereocenters. The number of morpholine rings is 1. The lowest BCUT2D eigenvalue weighted by atomic mass is 10.1. The summed E-state index contributed by atoms with van der Waals surface area (Å²) in [6.45, 7) is 2.36. The summed E-state index contributed by atoms with van der Waals surface area (Å²) in [6, 6.07) is 10.7. The third-order valence-electron chi connectivity index (χ3n) is 5.38. The molecule has 10 heteroatoms. The quantitative estimate of drug-likeness (QED) is 0.371. The fraction of sp³-hybridized carbons (Fsp3) is 0.238. The topological polar surface area (TPSA) is 118 Å². The van der Waals surface area contributed by atoms with Crippen molar-refractivity contribution in [2.24, 2.45) is 0 Å². The van der Waals surface area contributed by atoms with E-state index >= 15 is 0 Å². The summed E-state index contributed by atoms with van der Waals surface area (Å²) in [5.41, 5.74) is 2.59. The normalized spacial score (nSPS) is 14.2. The lowest BCUT2D eigenvalue weighted by Gasteiger charge is -2.28. The Morgan fingerprint density at radius 1 is 1.19 bits per heavy atom. The molecule has 0 amide bonds.